The molecule has 0 saturated carbocycles. The Kier molecular flexibility index (Phi) is 6.08. The Morgan fingerprint density at radius 1 is 1.06 bits per heavy atom. The molecule has 0 spiro atoms. The lowest BCUT2D eigenvalue weighted by Crippen LogP contribution is -2.25. The molecule has 34 heavy (non-hydrogen) atoms. The van der Waals surface area contributed by atoms with Crippen LogP contribution < -0.4 is 10.3 Å². The Hall–Kier alpha value is -3.81. The van der Waals surface area contributed by atoms with Gasteiger partial charge in [0.1, 0.15) is 18.3 Å². The third kappa shape index (κ3) is 4.62. The van der Waals surface area contributed by atoms with E-state index in [2.05, 4.69) is 35.8 Å². The van der Waals surface area contributed by atoms with Gasteiger partial charge in [-0.15, -0.1) is 0 Å². The SMILES string of the molecule is Cc1cnc(C(C)(C)C)nc1-c1cccc(-n2c(C)nc(OCc3ccn(C)n3)c(C)c2=O)c1. The van der Waals surface area contributed by atoms with Crippen LogP contribution in [0.5, 0.6) is 5.88 Å². The van der Waals surface area contributed by atoms with Crippen LogP contribution in [0.15, 0.2) is 47.5 Å². The third-order valence-electron chi connectivity index (χ3n) is 5.58. The highest BCUT2D eigenvalue weighted by atomic mass is 16.5. The zero-order valence-electron chi connectivity index (χ0n) is 20.7. The fourth-order valence-electron chi connectivity index (χ4n) is 3.70. The zero-order valence-corrected chi connectivity index (χ0v) is 20.7. The standard InChI is InChI=1S/C26H30N6O2/c1-16-14-27-25(26(4,5)6)29-22(16)19-9-8-10-21(13-19)32-18(3)28-23(17(2)24(32)33)34-15-20-11-12-31(7)30-20/h8-14H,15H2,1-7H3. The summed E-state index contributed by atoms with van der Waals surface area (Å²) < 4.78 is 9.14. The van der Waals surface area contributed by atoms with Gasteiger partial charge in [-0.2, -0.15) is 10.1 Å². The number of nitrogens with zero attached hydrogens (tertiary/aromatic N) is 6. The van der Waals surface area contributed by atoms with Crippen molar-refractivity contribution in [3.8, 4) is 22.8 Å². The Labute approximate surface area is 199 Å². The monoisotopic (exact) mass is 458 g/mol. The van der Waals surface area contributed by atoms with Crippen LogP contribution in [0.4, 0.5) is 0 Å². The Morgan fingerprint density at radius 2 is 1.82 bits per heavy atom. The maximum atomic E-state index is 13.3. The van der Waals surface area contributed by atoms with E-state index >= 15 is 0 Å². The molecule has 8 heteroatoms. The smallest absolute Gasteiger partial charge is 0.264 e. The van der Waals surface area contributed by atoms with Crippen LogP contribution in [0.2, 0.25) is 0 Å². The van der Waals surface area contributed by atoms with E-state index in [-0.39, 0.29) is 17.6 Å². The lowest BCUT2D eigenvalue weighted by molar-refractivity contribution is 0.283. The highest BCUT2D eigenvalue weighted by molar-refractivity contribution is 5.65. The normalized spacial score (nSPS) is 11.6. The van der Waals surface area contributed by atoms with Crippen molar-refractivity contribution in [1.82, 2.24) is 29.3 Å². The summed E-state index contributed by atoms with van der Waals surface area (Å²) in [7, 11) is 1.85. The van der Waals surface area contributed by atoms with Crippen molar-refractivity contribution >= 4 is 0 Å². The Morgan fingerprint density at radius 3 is 2.50 bits per heavy atom. The second kappa shape index (κ2) is 8.85. The minimum Gasteiger partial charge on any atom is -0.471 e. The number of aryl methyl sites for hydroxylation is 3. The average Bonchev–Trinajstić information content (AvgIpc) is 3.20. The first-order chi connectivity index (χ1) is 16.0. The summed E-state index contributed by atoms with van der Waals surface area (Å²) in [6.45, 7) is 12.0. The first kappa shape index (κ1) is 23.4. The first-order valence-electron chi connectivity index (χ1n) is 11.2. The first-order valence-corrected chi connectivity index (χ1v) is 11.2. The van der Waals surface area contributed by atoms with Crippen LogP contribution in [-0.2, 0) is 19.1 Å². The zero-order chi connectivity index (χ0) is 24.6. The van der Waals surface area contributed by atoms with E-state index in [0.29, 0.717) is 17.3 Å². The topological polar surface area (TPSA) is 87.7 Å². The molecule has 3 aromatic heterocycles. The summed E-state index contributed by atoms with van der Waals surface area (Å²) in [6, 6.07) is 9.65. The number of rotatable bonds is 5. The number of hydrogen-bond acceptors (Lipinski definition) is 6. The third-order valence-corrected chi connectivity index (χ3v) is 5.58. The van der Waals surface area contributed by atoms with Crippen molar-refractivity contribution in [2.24, 2.45) is 7.05 Å². The van der Waals surface area contributed by atoms with E-state index in [9.17, 15) is 4.79 Å². The van der Waals surface area contributed by atoms with Gasteiger partial charge in [0.2, 0.25) is 5.88 Å². The van der Waals surface area contributed by atoms with Gasteiger partial charge in [0, 0.05) is 30.4 Å². The maximum absolute atomic E-state index is 13.3. The minimum atomic E-state index is -0.171. The Balaban J connectivity index is 1.72. The van der Waals surface area contributed by atoms with Gasteiger partial charge in [0.15, 0.2) is 0 Å². The second-order valence-corrected chi connectivity index (χ2v) is 9.52. The van der Waals surface area contributed by atoms with Crippen LogP contribution in [0.1, 0.15) is 49.2 Å². The van der Waals surface area contributed by atoms with Crippen molar-refractivity contribution in [1.29, 1.82) is 0 Å². The molecule has 1 aromatic carbocycles. The molecule has 0 radical (unpaired) electrons. The van der Waals surface area contributed by atoms with Gasteiger partial charge in [-0.1, -0.05) is 32.9 Å². The summed E-state index contributed by atoms with van der Waals surface area (Å²) in [6.07, 6.45) is 3.70. The van der Waals surface area contributed by atoms with Crippen molar-refractivity contribution < 1.29 is 4.74 Å². The predicted octanol–water partition coefficient (Wildman–Crippen LogP) is 4.22. The molecule has 0 amide bonds. The van der Waals surface area contributed by atoms with Crippen molar-refractivity contribution in [3.05, 3.63) is 81.5 Å². The quantitative estimate of drug-likeness (QED) is 0.445. The molecule has 0 saturated heterocycles. The largest absolute Gasteiger partial charge is 0.471 e. The number of aromatic nitrogens is 6. The lowest BCUT2D eigenvalue weighted by Gasteiger charge is -2.18. The highest BCUT2D eigenvalue weighted by Crippen LogP contribution is 2.27. The molecule has 3 heterocycles. The van der Waals surface area contributed by atoms with Crippen LogP contribution in [0.25, 0.3) is 16.9 Å². The molecular weight excluding hydrogens is 428 g/mol. The summed E-state index contributed by atoms with van der Waals surface area (Å²) in [4.78, 5) is 27.3. The van der Waals surface area contributed by atoms with E-state index < -0.39 is 0 Å². The lowest BCUT2D eigenvalue weighted by atomic mass is 9.95. The highest BCUT2D eigenvalue weighted by Gasteiger charge is 2.20. The molecule has 8 nitrogen and oxygen atoms in total. The van der Waals surface area contributed by atoms with Gasteiger partial charge in [0.25, 0.3) is 5.56 Å². The molecule has 0 fully saturated rings. The average molecular weight is 459 g/mol. The summed E-state index contributed by atoms with van der Waals surface area (Å²) in [5, 5.41) is 4.30. The predicted molar refractivity (Wildman–Crippen MR) is 131 cm³/mol. The molecule has 4 aromatic rings. The molecule has 176 valence electrons. The molecule has 4 rings (SSSR count). The maximum Gasteiger partial charge on any atom is 0.264 e. The number of ether oxygens (including phenoxy) is 1. The molecule has 0 atom stereocenters. The summed E-state index contributed by atoms with van der Waals surface area (Å²) >= 11 is 0. The van der Waals surface area contributed by atoms with Crippen molar-refractivity contribution in [3.63, 3.8) is 0 Å². The Bertz CT molecular complexity index is 1410. The van der Waals surface area contributed by atoms with Gasteiger partial charge >= 0.3 is 0 Å². The number of hydrogen-bond donors (Lipinski definition) is 0. The second-order valence-electron chi connectivity index (χ2n) is 9.52. The molecule has 0 aliphatic carbocycles. The van der Waals surface area contributed by atoms with Gasteiger partial charge in [-0.3, -0.25) is 14.0 Å². The van der Waals surface area contributed by atoms with Gasteiger partial charge in [-0.25, -0.2) is 9.97 Å². The van der Waals surface area contributed by atoms with Gasteiger partial charge in [-0.05, 0) is 44.5 Å². The van der Waals surface area contributed by atoms with Crippen molar-refractivity contribution in [2.45, 2.75) is 53.6 Å². The number of benzene rings is 1. The van der Waals surface area contributed by atoms with E-state index in [1.165, 1.54) is 0 Å². The molecule has 0 N–H and O–H groups in total. The van der Waals surface area contributed by atoms with E-state index in [1.54, 1.807) is 23.1 Å². The molecule has 0 unspecified atom stereocenters. The van der Waals surface area contributed by atoms with E-state index in [1.807, 2.05) is 56.7 Å². The van der Waals surface area contributed by atoms with Crippen LogP contribution in [0, 0.1) is 20.8 Å². The molecule has 0 aliphatic rings. The summed E-state index contributed by atoms with van der Waals surface area (Å²) in [5.74, 6) is 1.64. The fraction of sp³-hybridized carbons (Fsp3) is 0.346. The van der Waals surface area contributed by atoms with E-state index in [4.69, 9.17) is 9.72 Å². The van der Waals surface area contributed by atoms with Crippen molar-refractivity contribution in [2.75, 3.05) is 0 Å². The molecule has 0 aliphatic heterocycles. The van der Waals surface area contributed by atoms with Crippen LogP contribution in [0.3, 0.4) is 0 Å². The molecular formula is C26H30N6O2. The van der Waals surface area contributed by atoms with Gasteiger partial charge in [0.05, 0.1) is 22.6 Å². The van der Waals surface area contributed by atoms with Crippen LogP contribution in [-0.4, -0.2) is 29.3 Å². The molecule has 0 bridgehead atoms. The summed E-state index contributed by atoms with van der Waals surface area (Å²) in [5.41, 5.74) is 4.35. The fourth-order valence-corrected chi connectivity index (χ4v) is 3.70. The van der Waals surface area contributed by atoms with Gasteiger partial charge < -0.3 is 4.74 Å². The minimum absolute atomic E-state index is 0.167. The van der Waals surface area contributed by atoms with Crippen LogP contribution >= 0.6 is 0 Å². The van der Waals surface area contributed by atoms with E-state index in [0.717, 1.165) is 34.0 Å².